The molecule has 5 rings (SSSR count). The first-order valence-corrected chi connectivity index (χ1v) is 8.46. The van der Waals surface area contributed by atoms with Crippen molar-refractivity contribution in [3.05, 3.63) is 72.1 Å². The third-order valence-electron chi connectivity index (χ3n) is 4.21. The van der Waals surface area contributed by atoms with Crippen molar-refractivity contribution in [1.82, 2.24) is 14.4 Å². The molecular formula is C19H12FN3S. The first-order valence-electron chi connectivity index (χ1n) is 7.58. The minimum absolute atomic E-state index is 0.237. The number of halogens is 1. The van der Waals surface area contributed by atoms with Crippen LogP contribution in [0.4, 0.5) is 4.39 Å². The number of benzene rings is 2. The van der Waals surface area contributed by atoms with Crippen molar-refractivity contribution in [1.29, 1.82) is 0 Å². The van der Waals surface area contributed by atoms with E-state index in [0.717, 1.165) is 33.0 Å². The number of rotatable bonds is 2. The maximum Gasteiger partial charge on any atom is 0.194 e. The van der Waals surface area contributed by atoms with Gasteiger partial charge in [-0.25, -0.2) is 9.37 Å². The van der Waals surface area contributed by atoms with Crippen molar-refractivity contribution in [3.8, 4) is 22.5 Å². The molecule has 2 aromatic carbocycles. The molecule has 0 saturated heterocycles. The summed E-state index contributed by atoms with van der Waals surface area (Å²) in [6, 6.07) is 14.7. The Morgan fingerprint density at radius 2 is 1.88 bits per heavy atom. The number of para-hydroxylation sites is 1. The minimum atomic E-state index is -0.237. The van der Waals surface area contributed by atoms with Gasteiger partial charge >= 0.3 is 0 Å². The molecule has 0 bridgehead atoms. The molecular weight excluding hydrogens is 321 g/mol. The minimum Gasteiger partial charge on any atom is -0.360 e. The average molecular weight is 333 g/mol. The number of imidazole rings is 1. The third-order valence-corrected chi connectivity index (χ3v) is 5.05. The van der Waals surface area contributed by atoms with Crippen molar-refractivity contribution in [2.45, 2.75) is 0 Å². The van der Waals surface area contributed by atoms with Crippen LogP contribution in [0.3, 0.4) is 0 Å². The van der Waals surface area contributed by atoms with Gasteiger partial charge in [0.25, 0.3) is 0 Å². The predicted molar refractivity (Wildman–Crippen MR) is 95.8 cm³/mol. The van der Waals surface area contributed by atoms with E-state index < -0.39 is 0 Å². The van der Waals surface area contributed by atoms with Gasteiger partial charge in [0.05, 0.1) is 11.4 Å². The smallest absolute Gasteiger partial charge is 0.194 e. The Kier molecular flexibility index (Phi) is 2.84. The lowest BCUT2D eigenvalue weighted by molar-refractivity contribution is 0.628. The lowest BCUT2D eigenvalue weighted by atomic mass is 10.1. The summed E-state index contributed by atoms with van der Waals surface area (Å²) in [5.74, 6) is -0.237. The lowest BCUT2D eigenvalue weighted by Crippen LogP contribution is -1.82. The molecule has 0 atom stereocenters. The zero-order valence-electron chi connectivity index (χ0n) is 12.5. The number of nitrogens with one attached hydrogen (secondary N) is 1. The van der Waals surface area contributed by atoms with Crippen LogP contribution in [0, 0.1) is 5.82 Å². The van der Waals surface area contributed by atoms with Crippen molar-refractivity contribution in [2.75, 3.05) is 0 Å². The van der Waals surface area contributed by atoms with Gasteiger partial charge in [-0.15, -0.1) is 11.3 Å². The summed E-state index contributed by atoms with van der Waals surface area (Å²) in [7, 11) is 0. The molecule has 0 unspecified atom stereocenters. The second-order valence-corrected chi connectivity index (χ2v) is 6.49. The van der Waals surface area contributed by atoms with Crippen molar-refractivity contribution >= 4 is 27.2 Å². The van der Waals surface area contributed by atoms with Gasteiger partial charge in [-0.05, 0) is 30.3 Å². The summed E-state index contributed by atoms with van der Waals surface area (Å²) in [6.45, 7) is 0. The first-order chi connectivity index (χ1) is 11.8. The number of H-pyrrole nitrogens is 1. The number of thiazole rings is 1. The SMILES string of the molecule is Fc1ccc(-c2cn3c(-c4c[nH]c5ccccc45)csc3n2)cc1. The highest BCUT2D eigenvalue weighted by atomic mass is 32.1. The summed E-state index contributed by atoms with van der Waals surface area (Å²) in [4.78, 5) is 8.91. The number of fused-ring (bicyclic) bond motifs is 2. The van der Waals surface area contributed by atoms with Crippen LogP contribution >= 0.6 is 11.3 Å². The van der Waals surface area contributed by atoms with E-state index in [9.17, 15) is 4.39 Å². The van der Waals surface area contributed by atoms with Crippen molar-refractivity contribution in [3.63, 3.8) is 0 Å². The molecule has 0 amide bonds. The van der Waals surface area contributed by atoms with Crippen LogP contribution in [0.15, 0.2) is 66.3 Å². The first kappa shape index (κ1) is 13.5. The van der Waals surface area contributed by atoms with Crippen LogP contribution in [0.25, 0.3) is 38.4 Å². The zero-order chi connectivity index (χ0) is 16.1. The number of nitrogens with zero attached hydrogens (tertiary/aromatic N) is 2. The molecule has 24 heavy (non-hydrogen) atoms. The molecule has 3 nitrogen and oxygen atoms in total. The monoisotopic (exact) mass is 333 g/mol. The Morgan fingerprint density at radius 1 is 1.04 bits per heavy atom. The van der Waals surface area contributed by atoms with Crippen LogP contribution in [-0.2, 0) is 0 Å². The topological polar surface area (TPSA) is 33.1 Å². The van der Waals surface area contributed by atoms with Crippen LogP contribution in [0.5, 0.6) is 0 Å². The highest BCUT2D eigenvalue weighted by Crippen LogP contribution is 2.33. The van der Waals surface area contributed by atoms with E-state index in [1.165, 1.54) is 17.5 Å². The number of aromatic amines is 1. The van der Waals surface area contributed by atoms with E-state index in [1.54, 1.807) is 23.5 Å². The summed E-state index contributed by atoms with van der Waals surface area (Å²) in [5.41, 5.74) is 5.14. The molecule has 1 N–H and O–H groups in total. The summed E-state index contributed by atoms with van der Waals surface area (Å²) < 4.78 is 15.2. The highest BCUT2D eigenvalue weighted by Gasteiger charge is 2.14. The molecule has 116 valence electrons. The zero-order valence-corrected chi connectivity index (χ0v) is 13.3. The Morgan fingerprint density at radius 3 is 2.75 bits per heavy atom. The third kappa shape index (κ3) is 1.98. The normalized spacial score (nSPS) is 11.5. The van der Waals surface area contributed by atoms with Crippen LogP contribution in [0.1, 0.15) is 0 Å². The summed E-state index contributed by atoms with van der Waals surface area (Å²) >= 11 is 1.60. The molecule has 0 radical (unpaired) electrons. The molecule has 5 heteroatoms. The van der Waals surface area contributed by atoms with E-state index in [4.69, 9.17) is 0 Å². The summed E-state index contributed by atoms with van der Waals surface area (Å²) in [5, 5.41) is 3.31. The fourth-order valence-corrected chi connectivity index (χ4v) is 3.89. The molecule has 0 spiro atoms. The van der Waals surface area contributed by atoms with Gasteiger partial charge in [0.15, 0.2) is 4.96 Å². The Labute approximate surface area is 141 Å². The fraction of sp³-hybridized carbons (Fsp3) is 0. The number of hydrogen-bond acceptors (Lipinski definition) is 2. The quantitative estimate of drug-likeness (QED) is 0.464. The fourth-order valence-electron chi connectivity index (χ4n) is 3.02. The lowest BCUT2D eigenvalue weighted by Gasteiger charge is -1.98. The van der Waals surface area contributed by atoms with Crippen LogP contribution < -0.4 is 0 Å². The maximum absolute atomic E-state index is 13.1. The second-order valence-electron chi connectivity index (χ2n) is 5.65. The highest BCUT2D eigenvalue weighted by molar-refractivity contribution is 7.15. The van der Waals surface area contributed by atoms with Gasteiger partial charge in [-0.2, -0.15) is 0 Å². The van der Waals surface area contributed by atoms with E-state index in [2.05, 4.69) is 31.9 Å². The van der Waals surface area contributed by atoms with Crippen LogP contribution in [0.2, 0.25) is 0 Å². The molecule has 5 aromatic rings. The largest absolute Gasteiger partial charge is 0.360 e. The molecule has 3 aromatic heterocycles. The van der Waals surface area contributed by atoms with Gasteiger partial charge in [-0.1, -0.05) is 18.2 Å². The number of hydrogen-bond donors (Lipinski definition) is 1. The molecule has 0 saturated carbocycles. The molecule has 0 aliphatic rings. The Hall–Kier alpha value is -2.92. The maximum atomic E-state index is 13.1. The van der Waals surface area contributed by atoms with E-state index in [0.29, 0.717) is 0 Å². The van der Waals surface area contributed by atoms with Gasteiger partial charge in [0, 0.05) is 39.8 Å². The average Bonchev–Trinajstić information content (AvgIpc) is 3.29. The van der Waals surface area contributed by atoms with Gasteiger partial charge < -0.3 is 4.98 Å². The molecule has 0 aliphatic heterocycles. The van der Waals surface area contributed by atoms with Crippen molar-refractivity contribution in [2.24, 2.45) is 0 Å². The standard InChI is InChI=1S/C19H12FN3S/c20-13-7-5-12(6-8-13)17-10-23-18(11-24-19(23)22-17)15-9-21-16-4-2-1-3-14(15)16/h1-11,21H. The van der Waals surface area contributed by atoms with Gasteiger partial charge in [0.2, 0.25) is 0 Å². The van der Waals surface area contributed by atoms with E-state index in [-0.39, 0.29) is 5.82 Å². The van der Waals surface area contributed by atoms with Crippen LogP contribution in [-0.4, -0.2) is 14.4 Å². The van der Waals surface area contributed by atoms with E-state index >= 15 is 0 Å². The summed E-state index contributed by atoms with van der Waals surface area (Å²) in [6.07, 6.45) is 4.04. The Balaban J connectivity index is 1.69. The van der Waals surface area contributed by atoms with Crippen molar-refractivity contribution < 1.29 is 4.39 Å². The predicted octanol–water partition coefficient (Wildman–Crippen LogP) is 5.35. The molecule has 0 aliphatic carbocycles. The van der Waals surface area contributed by atoms with Gasteiger partial charge in [0.1, 0.15) is 5.82 Å². The molecule has 0 fully saturated rings. The Bertz CT molecular complexity index is 1160. The van der Waals surface area contributed by atoms with Gasteiger partial charge in [-0.3, -0.25) is 4.40 Å². The van der Waals surface area contributed by atoms with E-state index in [1.807, 2.05) is 24.5 Å². The molecule has 3 heterocycles. The second kappa shape index (κ2) is 5.04. The number of aromatic nitrogens is 3.